The van der Waals surface area contributed by atoms with Gasteiger partial charge in [-0.1, -0.05) is 13.3 Å². The van der Waals surface area contributed by atoms with Crippen LogP contribution in [0.2, 0.25) is 0 Å². The van der Waals surface area contributed by atoms with Gasteiger partial charge in [0.05, 0.1) is 20.3 Å². The summed E-state index contributed by atoms with van der Waals surface area (Å²) in [6, 6.07) is 6.25. The zero-order chi connectivity index (χ0) is 15.2. The molecule has 1 aliphatic rings. The van der Waals surface area contributed by atoms with Crippen molar-refractivity contribution >= 4 is 0 Å². The van der Waals surface area contributed by atoms with E-state index in [2.05, 4.69) is 11.8 Å². The maximum Gasteiger partial charge on any atom is 0.128 e. The van der Waals surface area contributed by atoms with Gasteiger partial charge in [0.2, 0.25) is 0 Å². The van der Waals surface area contributed by atoms with Crippen molar-refractivity contribution in [2.24, 2.45) is 0 Å². The summed E-state index contributed by atoms with van der Waals surface area (Å²) in [5.74, 6) is 1.43. The van der Waals surface area contributed by atoms with E-state index in [1.54, 1.807) is 14.2 Å². The molecule has 1 fully saturated rings. The molecule has 1 atom stereocenters. The predicted octanol–water partition coefficient (Wildman–Crippen LogP) is 3.00. The van der Waals surface area contributed by atoms with Crippen LogP contribution in [0.3, 0.4) is 0 Å². The molecule has 21 heavy (non-hydrogen) atoms. The molecule has 4 nitrogen and oxygen atoms in total. The highest BCUT2D eigenvalue weighted by Crippen LogP contribution is 2.33. The molecule has 0 radical (unpaired) electrons. The van der Waals surface area contributed by atoms with Crippen molar-refractivity contribution in [1.29, 1.82) is 0 Å². The minimum absolute atomic E-state index is 0.525. The van der Waals surface area contributed by atoms with Gasteiger partial charge in [-0.15, -0.1) is 0 Å². The Morgan fingerprint density at radius 1 is 1.29 bits per heavy atom. The molecule has 0 amide bonds. The molecule has 1 N–H and O–H groups in total. The summed E-state index contributed by atoms with van der Waals surface area (Å²) in [5, 5.41) is 10.6. The fraction of sp³-hybridized carbons (Fsp3) is 0.647. The SMILES string of the molecule is CCCCN(CC(O)c1ccc(OC)cc1OC)C1CC1. The van der Waals surface area contributed by atoms with Gasteiger partial charge in [-0.3, -0.25) is 4.90 Å². The molecule has 0 bridgehead atoms. The molecule has 1 aliphatic carbocycles. The fourth-order valence-corrected chi connectivity index (χ4v) is 2.64. The number of hydrogen-bond acceptors (Lipinski definition) is 4. The van der Waals surface area contributed by atoms with Crippen LogP contribution in [0.25, 0.3) is 0 Å². The Morgan fingerprint density at radius 2 is 2.05 bits per heavy atom. The van der Waals surface area contributed by atoms with Crippen LogP contribution in [0.4, 0.5) is 0 Å². The van der Waals surface area contributed by atoms with Crippen LogP contribution in [0.15, 0.2) is 18.2 Å². The maximum atomic E-state index is 10.6. The lowest BCUT2D eigenvalue weighted by molar-refractivity contribution is 0.105. The smallest absolute Gasteiger partial charge is 0.128 e. The topological polar surface area (TPSA) is 41.9 Å². The summed E-state index contributed by atoms with van der Waals surface area (Å²) in [6.45, 7) is 3.94. The second-order valence-corrected chi connectivity index (χ2v) is 5.70. The molecule has 1 aromatic carbocycles. The largest absolute Gasteiger partial charge is 0.497 e. The van der Waals surface area contributed by atoms with Gasteiger partial charge >= 0.3 is 0 Å². The van der Waals surface area contributed by atoms with Crippen LogP contribution < -0.4 is 9.47 Å². The normalized spacial score (nSPS) is 16.0. The van der Waals surface area contributed by atoms with Crippen molar-refractivity contribution < 1.29 is 14.6 Å². The van der Waals surface area contributed by atoms with Gasteiger partial charge in [-0.05, 0) is 37.9 Å². The summed E-state index contributed by atoms with van der Waals surface area (Å²) < 4.78 is 10.6. The van der Waals surface area contributed by atoms with Gasteiger partial charge in [0.1, 0.15) is 11.5 Å². The van der Waals surface area contributed by atoms with E-state index in [4.69, 9.17) is 9.47 Å². The second kappa shape index (κ2) is 7.66. The van der Waals surface area contributed by atoms with E-state index in [1.165, 1.54) is 25.7 Å². The Kier molecular flexibility index (Phi) is 5.88. The van der Waals surface area contributed by atoms with Gasteiger partial charge in [-0.2, -0.15) is 0 Å². The molecule has 118 valence electrons. The number of rotatable bonds is 9. The van der Waals surface area contributed by atoms with Gasteiger partial charge < -0.3 is 14.6 Å². The number of ether oxygens (including phenoxy) is 2. The maximum absolute atomic E-state index is 10.6. The molecule has 0 aliphatic heterocycles. The molecule has 2 rings (SSSR count). The molecule has 0 spiro atoms. The first-order chi connectivity index (χ1) is 10.2. The molecule has 1 unspecified atom stereocenters. The Labute approximate surface area is 127 Å². The zero-order valence-electron chi connectivity index (χ0n) is 13.3. The molecule has 1 aromatic rings. The summed E-state index contributed by atoms with van der Waals surface area (Å²) in [4.78, 5) is 2.41. The Hall–Kier alpha value is -1.26. The summed E-state index contributed by atoms with van der Waals surface area (Å²) >= 11 is 0. The first kappa shape index (κ1) is 16.1. The van der Waals surface area contributed by atoms with E-state index in [9.17, 15) is 5.11 Å². The highest BCUT2D eigenvalue weighted by molar-refractivity contribution is 5.42. The number of aliphatic hydroxyl groups excluding tert-OH is 1. The third kappa shape index (κ3) is 4.35. The van der Waals surface area contributed by atoms with E-state index >= 15 is 0 Å². The van der Waals surface area contributed by atoms with Crippen LogP contribution in [-0.2, 0) is 0 Å². The number of aliphatic hydroxyl groups is 1. The quantitative estimate of drug-likeness (QED) is 0.760. The highest BCUT2D eigenvalue weighted by atomic mass is 16.5. The minimum atomic E-state index is -0.525. The Balaban J connectivity index is 2.05. The standard InChI is InChI=1S/C17H27NO3/c1-4-5-10-18(13-6-7-13)12-16(19)15-9-8-14(20-2)11-17(15)21-3/h8-9,11,13,16,19H,4-7,10,12H2,1-3H3. The van der Waals surface area contributed by atoms with Gasteiger partial charge in [-0.25, -0.2) is 0 Å². The van der Waals surface area contributed by atoms with Crippen molar-refractivity contribution in [3.63, 3.8) is 0 Å². The summed E-state index contributed by atoms with van der Waals surface area (Å²) in [6.07, 6.45) is 4.36. The highest BCUT2D eigenvalue weighted by Gasteiger charge is 2.30. The monoisotopic (exact) mass is 293 g/mol. The molecule has 0 saturated heterocycles. The molecular weight excluding hydrogens is 266 g/mol. The Bertz CT molecular complexity index is 446. The van der Waals surface area contributed by atoms with Crippen molar-refractivity contribution in [3.8, 4) is 11.5 Å². The van der Waals surface area contributed by atoms with E-state index in [0.29, 0.717) is 18.3 Å². The zero-order valence-corrected chi connectivity index (χ0v) is 13.3. The van der Waals surface area contributed by atoms with Crippen LogP contribution >= 0.6 is 0 Å². The van der Waals surface area contributed by atoms with Crippen molar-refractivity contribution in [2.45, 2.75) is 44.8 Å². The first-order valence-corrected chi connectivity index (χ1v) is 7.83. The van der Waals surface area contributed by atoms with Crippen molar-refractivity contribution in [1.82, 2.24) is 4.90 Å². The lowest BCUT2D eigenvalue weighted by Crippen LogP contribution is -2.31. The van der Waals surface area contributed by atoms with Crippen molar-refractivity contribution in [3.05, 3.63) is 23.8 Å². The van der Waals surface area contributed by atoms with Crippen LogP contribution in [0, 0.1) is 0 Å². The number of benzene rings is 1. The van der Waals surface area contributed by atoms with Gasteiger partial charge in [0.25, 0.3) is 0 Å². The Morgan fingerprint density at radius 3 is 2.62 bits per heavy atom. The van der Waals surface area contributed by atoms with Crippen LogP contribution in [0.1, 0.15) is 44.3 Å². The van der Waals surface area contributed by atoms with Crippen molar-refractivity contribution in [2.75, 3.05) is 27.3 Å². The van der Waals surface area contributed by atoms with Gasteiger partial charge in [0.15, 0.2) is 0 Å². The van der Waals surface area contributed by atoms with Crippen LogP contribution in [-0.4, -0.2) is 43.4 Å². The molecule has 0 heterocycles. The number of nitrogens with zero attached hydrogens (tertiary/aromatic N) is 1. The van der Waals surface area contributed by atoms with E-state index < -0.39 is 6.10 Å². The molecule has 0 aromatic heterocycles. The van der Waals surface area contributed by atoms with E-state index in [0.717, 1.165) is 17.9 Å². The minimum Gasteiger partial charge on any atom is -0.497 e. The number of hydrogen-bond donors (Lipinski definition) is 1. The second-order valence-electron chi connectivity index (χ2n) is 5.70. The molecular formula is C17H27NO3. The number of methoxy groups -OCH3 is 2. The lowest BCUT2D eigenvalue weighted by atomic mass is 10.1. The fourth-order valence-electron chi connectivity index (χ4n) is 2.64. The summed E-state index contributed by atoms with van der Waals surface area (Å²) in [5.41, 5.74) is 0.834. The number of unbranched alkanes of at least 4 members (excludes halogenated alkanes) is 1. The first-order valence-electron chi connectivity index (χ1n) is 7.83. The third-order valence-corrected chi connectivity index (χ3v) is 4.07. The average Bonchev–Trinajstić information content (AvgIpc) is 3.35. The van der Waals surface area contributed by atoms with Gasteiger partial charge in [0, 0.05) is 24.2 Å². The third-order valence-electron chi connectivity index (χ3n) is 4.07. The molecule has 1 saturated carbocycles. The van der Waals surface area contributed by atoms with E-state index in [-0.39, 0.29) is 0 Å². The van der Waals surface area contributed by atoms with E-state index in [1.807, 2.05) is 18.2 Å². The summed E-state index contributed by atoms with van der Waals surface area (Å²) in [7, 11) is 3.26. The lowest BCUT2D eigenvalue weighted by Gasteiger charge is -2.25. The van der Waals surface area contributed by atoms with Crippen LogP contribution in [0.5, 0.6) is 11.5 Å². The average molecular weight is 293 g/mol. The molecule has 4 heteroatoms. The predicted molar refractivity (Wildman–Crippen MR) is 84.0 cm³/mol.